The van der Waals surface area contributed by atoms with Crippen molar-refractivity contribution in [3.05, 3.63) is 77.6 Å². The number of hydrogen-bond acceptors (Lipinski definition) is 4. The number of aromatic nitrogens is 1. The Morgan fingerprint density at radius 1 is 1.08 bits per heavy atom. The number of nitrogens with one attached hydrogen (secondary N) is 1. The van der Waals surface area contributed by atoms with Gasteiger partial charge in [0.1, 0.15) is 6.61 Å². The standard InChI is InChI=1S/C17H12F2N2O3/c18-13-7-6-12(8-14(13)19)20-17(22)15-9-16(21-24-15)23-10-11-4-2-1-3-5-11/h1-9H,10H2,(H,20,22). The molecule has 0 saturated heterocycles. The molecule has 7 heteroatoms. The number of amides is 1. The van der Waals surface area contributed by atoms with Gasteiger partial charge in [-0.2, -0.15) is 0 Å². The van der Waals surface area contributed by atoms with Crippen LogP contribution in [0.2, 0.25) is 0 Å². The fourth-order valence-corrected chi connectivity index (χ4v) is 1.93. The lowest BCUT2D eigenvalue weighted by Crippen LogP contribution is -2.11. The molecule has 0 bridgehead atoms. The van der Waals surface area contributed by atoms with Crippen LogP contribution in [0.15, 0.2) is 59.1 Å². The highest BCUT2D eigenvalue weighted by atomic mass is 19.2. The van der Waals surface area contributed by atoms with Crippen LogP contribution in [-0.2, 0) is 6.61 Å². The van der Waals surface area contributed by atoms with Crippen molar-refractivity contribution in [3.8, 4) is 5.88 Å². The maximum Gasteiger partial charge on any atom is 0.294 e. The van der Waals surface area contributed by atoms with Crippen molar-refractivity contribution in [2.24, 2.45) is 0 Å². The molecule has 2 aromatic carbocycles. The van der Waals surface area contributed by atoms with Gasteiger partial charge in [0.25, 0.3) is 11.8 Å². The van der Waals surface area contributed by atoms with Crippen molar-refractivity contribution in [2.45, 2.75) is 6.61 Å². The molecule has 1 N–H and O–H groups in total. The predicted octanol–water partition coefficient (Wildman–Crippen LogP) is 3.78. The minimum atomic E-state index is -1.06. The lowest BCUT2D eigenvalue weighted by Gasteiger charge is -2.02. The maximum absolute atomic E-state index is 13.1. The molecular formula is C17H12F2N2O3. The summed E-state index contributed by atoms with van der Waals surface area (Å²) in [5.41, 5.74) is 1.04. The van der Waals surface area contributed by atoms with Gasteiger partial charge in [0.15, 0.2) is 11.6 Å². The van der Waals surface area contributed by atoms with Crippen LogP contribution in [0.3, 0.4) is 0 Å². The fraction of sp³-hybridized carbons (Fsp3) is 0.0588. The molecule has 3 rings (SSSR count). The number of hydrogen-bond donors (Lipinski definition) is 1. The van der Waals surface area contributed by atoms with Gasteiger partial charge in [0, 0.05) is 11.8 Å². The minimum absolute atomic E-state index is 0.0991. The number of carbonyl (C=O) groups excluding carboxylic acids is 1. The van der Waals surface area contributed by atoms with Crippen LogP contribution in [0, 0.1) is 11.6 Å². The van der Waals surface area contributed by atoms with Crippen LogP contribution in [0.25, 0.3) is 0 Å². The molecule has 24 heavy (non-hydrogen) atoms. The highest BCUT2D eigenvalue weighted by Crippen LogP contribution is 2.17. The highest BCUT2D eigenvalue weighted by molar-refractivity contribution is 6.02. The van der Waals surface area contributed by atoms with Crippen LogP contribution in [0.1, 0.15) is 16.1 Å². The second-order valence-electron chi connectivity index (χ2n) is 4.89. The van der Waals surface area contributed by atoms with Crippen LogP contribution >= 0.6 is 0 Å². The average molecular weight is 330 g/mol. The number of rotatable bonds is 5. The Hall–Kier alpha value is -3.22. The van der Waals surface area contributed by atoms with Gasteiger partial charge < -0.3 is 14.6 Å². The van der Waals surface area contributed by atoms with Gasteiger partial charge in [-0.25, -0.2) is 8.78 Å². The first kappa shape index (κ1) is 15.7. The molecule has 0 aliphatic rings. The van der Waals surface area contributed by atoms with Gasteiger partial charge in [-0.05, 0) is 22.9 Å². The highest BCUT2D eigenvalue weighted by Gasteiger charge is 2.15. The summed E-state index contributed by atoms with van der Waals surface area (Å²) in [6.45, 7) is 0.275. The molecule has 0 saturated carbocycles. The molecule has 3 aromatic rings. The molecule has 0 fully saturated rings. The number of halogens is 2. The molecule has 1 amide bonds. The molecule has 1 aromatic heterocycles. The van der Waals surface area contributed by atoms with Crippen LogP contribution in [-0.4, -0.2) is 11.1 Å². The van der Waals surface area contributed by atoms with Crippen LogP contribution in [0.5, 0.6) is 5.88 Å². The average Bonchev–Trinajstić information content (AvgIpc) is 3.06. The van der Waals surface area contributed by atoms with E-state index in [0.29, 0.717) is 0 Å². The van der Waals surface area contributed by atoms with Gasteiger partial charge in [0.05, 0.1) is 6.07 Å². The molecule has 0 unspecified atom stereocenters. The third kappa shape index (κ3) is 3.75. The summed E-state index contributed by atoms with van der Waals surface area (Å²) in [5.74, 6) is -2.67. The molecule has 122 valence electrons. The molecule has 0 radical (unpaired) electrons. The molecular weight excluding hydrogens is 318 g/mol. The number of ether oxygens (including phenoxy) is 1. The first-order chi connectivity index (χ1) is 11.6. The Morgan fingerprint density at radius 3 is 2.62 bits per heavy atom. The zero-order chi connectivity index (χ0) is 16.9. The first-order valence-electron chi connectivity index (χ1n) is 7.01. The van der Waals surface area contributed by atoms with Gasteiger partial charge in [0.2, 0.25) is 5.76 Å². The van der Waals surface area contributed by atoms with E-state index in [2.05, 4.69) is 10.5 Å². The largest absolute Gasteiger partial charge is 0.471 e. The third-order valence-electron chi connectivity index (χ3n) is 3.12. The van der Waals surface area contributed by atoms with E-state index in [0.717, 1.165) is 17.7 Å². The molecule has 0 aliphatic heterocycles. The SMILES string of the molecule is O=C(Nc1ccc(F)c(F)c1)c1cc(OCc2ccccc2)no1. The molecule has 0 aliphatic carbocycles. The van der Waals surface area contributed by atoms with E-state index >= 15 is 0 Å². The van der Waals surface area contributed by atoms with Gasteiger partial charge in [-0.1, -0.05) is 30.3 Å². The van der Waals surface area contributed by atoms with Crippen LogP contribution in [0.4, 0.5) is 14.5 Å². The number of carbonyl (C=O) groups is 1. The van der Waals surface area contributed by atoms with Gasteiger partial charge in [-0.15, -0.1) is 0 Å². The van der Waals surface area contributed by atoms with E-state index in [-0.39, 0.29) is 23.9 Å². The Balaban J connectivity index is 1.62. The third-order valence-corrected chi connectivity index (χ3v) is 3.12. The van der Waals surface area contributed by atoms with Crippen molar-refractivity contribution >= 4 is 11.6 Å². The Morgan fingerprint density at radius 2 is 1.88 bits per heavy atom. The summed E-state index contributed by atoms with van der Waals surface area (Å²) in [4.78, 5) is 12.0. The molecule has 5 nitrogen and oxygen atoms in total. The Kier molecular flexibility index (Phi) is 4.51. The maximum atomic E-state index is 13.1. The summed E-state index contributed by atoms with van der Waals surface area (Å²) in [6.07, 6.45) is 0. The smallest absolute Gasteiger partial charge is 0.294 e. The lowest BCUT2D eigenvalue weighted by molar-refractivity contribution is 0.0987. The van der Waals surface area contributed by atoms with Gasteiger partial charge in [-0.3, -0.25) is 4.79 Å². The van der Waals surface area contributed by atoms with Crippen molar-refractivity contribution in [2.75, 3.05) is 5.32 Å². The summed E-state index contributed by atoms with van der Waals surface area (Å²) in [6, 6.07) is 13.8. The molecule has 0 spiro atoms. The van der Waals surface area contributed by atoms with E-state index in [1.54, 1.807) is 0 Å². The normalized spacial score (nSPS) is 10.4. The van der Waals surface area contributed by atoms with Crippen LogP contribution < -0.4 is 10.1 Å². The number of anilines is 1. The van der Waals surface area contributed by atoms with Gasteiger partial charge >= 0.3 is 0 Å². The number of benzene rings is 2. The van der Waals surface area contributed by atoms with Crippen molar-refractivity contribution in [1.29, 1.82) is 0 Å². The van der Waals surface area contributed by atoms with Crippen molar-refractivity contribution in [1.82, 2.24) is 5.16 Å². The summed E-state index contributed by atoms with van der Waals surface area (Å²) in [7, 11) is 0. The van der Waals surface area contributed by atoms with E-state index < -0.39 is 17.5 Å². The second kappa shape index (κ2) is 6.91. The Labute approximate surface area is 135 Å². The predicted molar refractivity (Wildman–Crippen MR) is 81.6 cm³/mol. The molecule has 1 heterocycles. The zero-order valence-corrected chi connectivity index (χ0v) is 12.3. The lowest BCUT2D eigenvalue weighted by atomic mass is 10.2. The Bertz CT molecular complexity index is 850. The quantitative estimate of drug-likeness (QED) is 0.773. The van der Waals surface area contributed by atoms with Crippen molar-refractivity contribution in [3.63, 3.8) is 0 Å². The van der Waals surface area contributed by atoms with E-state index in [9.17, 15) is 13.6 Å². The summed E-state index contributed by atoms with van der Waals surface area (Å²) < 4.78 is 36.3. The zero-order valence-electron chi connectivity index (χ0n) is 12.3. The number of nitrogens with zero attached hydrogens (tertiary/aromatic N) is 1. The topological polar surface area (TPSA) is 64.4 Å². The monoisotopic (exact) mass is 330 g/mol. The minimum Gasteiger partial charge on any atom is -0.471 e. The van der Waals surface area contributed by atoms with E-state index in [1.165, 1.54) is 12.1 Å². The first-order valence-corrected chi connectivity index (χ1v) is 7.01. The van der Waals surface area contributed by atoms with Crippen molar-refractivity contribution < 1.29 is 22.8 Å². The van der Waals surface area contributed by atoms with E-state index in [1.807, 2.05) is 30.3 Å². The fourth-order valence-electron chi connectivity index (χ4n) is 1.93. The second-order valence-corrected chi connectivity index (χ2v) is 4.89. The summed E-state index contributed by atoms with van der Waals surface area (Å²) in [5, 5.41) is 6.01. The molecule has 0 atom stereocenters. The van der Waals surface area contributed by atoms with E-state index in [4.69, 9.17) is 9.26 Å². The summed E-state index contributed by atoms with van der Waals surface area (Å²) >= 11 is 0.